The Morgan fingerprint density at radius 3 is 3.22 bits per heavy atom. The number of aryl methyl sites for hydroxylation is 1. The van der Waals surface area contributed by atoms with Crippen molar-refractivity contribution in [2.45, 2.75) is 13.5 Å². The second-order valence-corrected chi connectivity index (χ2v) is 4.81. The van der Waals surface area contributed by atoms with Crippen molar-refractivity contribution in [2.24, 2.45) is 0 Å². The zero-order valence-corrected chi connectivity index (χ0v) is 10.5. The van der Waals surface area contributed by atoms with Crippen molar-refractivity contribution in [1.29, 1.82) is 0 Å². The van der Waals surface area contributed by atoms with Crippen molar-refractivity contribution < 1.29 is 0 Å². The van der Waals surface area contributed by atoms with Crippen molar-refractivity contribution in [3.8, 4) is 0 Å². The molecule has 0 unspecified atom stereocenters. The molecular formula is C11H11N5OS. The lowest BCUT2D eigenvalue weighted by atomic mass is 10.3. The number of nitrogens with zero attached hydrogens (tertiary/aromatic N) is 3. The van der Waals surface area contributed by atoms with Gasteiger partial charge in [-0.2, -0.15) is 4.98 Å². The number of fused-ring (bicyclic) bond motifs is 1. The van der Waals surface area contributed by atoms with Crippen LogP contribution in [0.25, 0.3) is 5.65 Å². The van der Waals surface area contributed by atoms with Crippen molar-refractivity contribution in [1.82, 2.24) is 19.6 Å². The maximum atomic E-state index is 11.0. The van der Waals surface area contributed by atoms with Crippen molar-refractivity contribution in [3.63, 3.8) is 0 Å². The Kier molecular flexibility index (Phi) is 2.60. The monoisotopic (exact) mass is 261 g/mol. The number of nitrogens with one attached hydrogen (secondary N) is 2. The van der Waals surface area contributed by atoms with Crippen LogP contribution in [-0.4, -0.2) is 19.6 Å². The highest BCUT2D eigenvalue weighted by Crippen LogP contribution is 2.08. The Labute approximate surface area is 106 Å². The highest BCUT2D eigenvalue weighted by Gasteiger charge is 2.03. The molecule has 3 rings (SSSR count). The number of pyridine rings is 1. The van der Waals surface area contributed by atoms with Gasteiger partial charge in [0.25, 0.3) is 0 Å². The molecular weight excluding hydrogens is 250 g/mol. The molecule has 6 nitrogen and oxygen atoms in total. The van der Waals surface area contributed by atoms with Gasteiger partial charge in [-0.3, -0.25) is 4.79 Å². The van der Waals surface area contributed by atoms with Crippen LogP contribution in [0.4, 0.5) is 5.95 Å². The van der Waals surface area contributed by atoms with Crippen molar-refractivity contribution in [3.05, 3.63) is 44.6 Å². The predicted octanol–water partition coefficient (Wildman–Crippen LogP) is 1.40. The van der Waals surface area contributed by atoms with Crippen molar-refractivity contribution >= 4 is 22.9 Å². The highest BCUT2D eigenvalue weighted by molar-refractivity contribution is 7.07. The second kappa shape index (κ2) is 4.26. The van der Waals surface area contributed by atoms with Gasteiger partial charge in [0.05, 0.1) is 6.54 Å². The Balaban J connectivity index is 1.80. The van der Waals surface area contributed by atoms with Crippen LogP contribution in [0.1, 0.15) is 11.3 Å². The zero-order chi connectivity index (χ0) is 12.5. The summed E-state index contributed by atoms with van der Waals surface area (Å²) in [5, 5.41) is 9.15. The van der Waals surface area contributed by atoms with Crippen LogP contribution in [0.15, 0.2) is 28.5 Å². The van der Waals surface area contributed by atoms with E-state index in [2.05, 4.69) is 20.4 Å². The molecule has 0 amide bonds. The highest BCUT2D eigenvalue weighted by atomic mass is 32.1. The van der Waals surface area contributed by atoms with E-state index in [1.807, 2.05) is 25.3 Å². The Morgan fingerprint density at radius 1 is 1.56 bits per heavy atom. The third-order valence-electron chi connectivity index (χ3n) is 2.50. The van der Waals surface area contributed by atoms with Crippen LogP contribution in [-0.2, 0) is 6.54 Å². The first-order valence-corrected chi connectivity index (χ1v) is 6.32. The van der Waals surface area contributed by atoms with E-state index in [0.29, 0.717) is 12.5 Å². The quantitative estimate of drug-likeness (QED) is 0.747. The lowest BCUT2D eigenvalue weighted by Gasteiger charge is -1.96. The lowest BCUT2D eigenvalue weighted by molar-refractivity contribution is 0.941. The predicted molar refractivity (Wildman–Crippen MR) is 70.0 cm³/mol. The van der Waals surface area contributed by atoms with Gasteiger partial charge in [-0.05, 0) is 24.6 Å². The Morgan fingerprint density at radius 2 is 2.44 bits per heavy atom. The molecule has 3 aromatic rings. The van der Waals surface area contributed by atoms with Gasteiger partial charge < -0.3 is 10.3 Å². The van der Waals surface area contributed by atoms with E-state index >= 15 is 0 Å². The molecule has 0 atom stereocenters. The summed E-state index contributed by atoms with van der Waals surface area (Å²) in [4.78, 5) is 18.0. The summed E-state index contributed by atoms with van der Waals surface area (Å²) in [5.41, 5.74) is 2.78. The van der Waals surface area contributed by atoms with Gasteiger partial charge in [-0.1, -0.05) is 11.3 Å². The largest absolute Gasteiger partial charge is 0.347 e. The average Bonchev–Trinajstić information content (AvgIpc) is 2.92. The molecule has 0 radical (unpaired) electrons. The summed E-state index contributed by atoms with van der Waals surface area (Å²) >= 11 is 1.15. The van der Waals surface area contributed by atoms with Gasteiger partial charge in [0.15, 0.2) is 5.65 Å². The summed E-state index contributed by atoms with van der Waals surface area (Å²) in [6, 6.07) is 3.94. The lowest BCUT2D eigenvalue weighted by Crippen LogP contribution is -2.04. The third kappa shape index (κ3) is 2.12. The molecule has 3 heterocycles. The fourth-order valence-electron chi connectivity index (χ4n) is 1.63. The van der Waals surface area contributed by atoms with E-state index in [9.17, 15) is 4.79 Å². The van der Waals surface area contributed by atoms with Crippen molar-refractivity contribution in [2.75, 3.05) is 5.32 Å². The number of anilines is 1. The molecule has 0 saturated heterocycles. The first kappa shape index (κ1) is 11.0. The van der Waals surface area contributed by atoms with E-state index in [4.69, 9.17) is 0 Å². The van der Waals surface area contributed by atoms with E-state index in [1.54, 1.807) is 9.90 Å². The van der Waals surface area contributed by atoms with Gasteiger partial charge in [0, 0.05) is 17.3 Å². The molecule has 0 bridgehead atoms. The molecule has 0 aliphatic heterocycles. The minimum atomic E-state index is -0.0506. The summed E-state index contributed by atoms with van der Waals surface area (Å²) in [5.74, 6) is 0.549. The first-order valence-electron chi connectivity index (χ1n) is 5.44. The van der Waals surface area contributed by atoms with Crippen LogP contribution in [0.5, 0.6) is 0 Å². The van der Waals surface area contributed by atoms with Crippen LogP contribution in [0.3, 0.4) is 0 Å². The molecule has 18 heavy (non-hydrogen) atoms. The molecule has 0 fully saturated rings. The van der Waals surface area contributed by atoms with E-state index in [0.717, 1.165) is 28.2 Å². The smallest absolute Gasteiger partial charge is 0.304 e. The molecule has 3 aromatic heterocycles. The summed E-state index contributed by atoms with van der Waals surface area (Å²) in [6.45, 7) is 2.52. The van der Waals surface area contributed by atoms with E-state index in [-0.39, 0.29) is 4.87 Å². The standard InChI is InChI=1S/C11H11N5OS/c1-7-2-3-16-9(4-7)14-10(15-16)12-5-8-6-18-11(17)13-8/h2-4,6H,5H2,1H3,(H,12,15)(H,13,17). The van der Waals surface area contributed by atoms with Gasteiger partial charge in [-0.15, -0.1) is 5.10 Å². The van der Waals surface area contributed by atoms with Crippen LogP contribution < -0.4 is 10.2 Å². The zero-order valence-electron chi connectivity index (χ0n) is 9.67. The average molecular weight is 261 g/mol. The molecule has 7 heteroatoms. The number of aromatic nitrogens is 4. The molecule has 2 N–H and O–H groups in total. The van der Waals surface area contributed by atoms with Gasteiger partial charge in [-0.25, -0.2) is 4.52 Å². The third-order valence-corrected chi connectivity index (χ3v) is 3.22. The SMILES string of the molecule is Cc1ccn2nc(NCc3csc(=O)[nH]3)nc2c1. The molecule has 0 saturated carbocycles. The van der Waals surface area contributed by atoms with Crippen LogP contribution >= 0.6 is 11.3 Å². The summed E-state index contributed by atoms with van der Waals surface area (Å²) in [7, 11) is 0. The minimum Gasteiger partial charge on any atom is -0.347 e. The maximum Gasteiger partial charge on any atom is 0.304 e. The molecule has 0 aliphatic carbocycles. The normalized spacial score (nSPS) is 10.9. The van der Waals surface area contributed by atoms with Crippen LogP contribution in [0.2, 0.25) is 0 Å². The summed E-state index contributed by atoms with van der Waals surface area (Å²) in [6.07, 6.45) is 1.87. The molecule has 0 aliphatic rings. The topological polar surface area (TPSA) is 75.1 Å². The number of thiazole rings is 1. The number of hydrogen-bond acceptors (Lipinski definition) is 5. The Hall–Kier alpha value is -2.15. The van der Waals surface area contributed by atoms with Crippen LogP contribution in [0, 0.1) is 6.92 Å². The molecule has 0 aromatic carbocycles. The number of H-pyrrole nitrogens is 1. The van der Waals surface area contributed by atoms with Gasteiger partial charge in [0.2, 0.25) is 5.95 Å². The fourth-order valence-corrected chi connectivity index (χ4v) is 2.21. The molecule has 92 valence electrons. The number of hydrogen-bond donors (Lipinski definition) is 2. The first-order chi connectivity index (χ1) is 8.70. The van der Waals surface area contributed by atoms with E-state index in [1.165, 1.54) is 0 Å². The minimum absolute atomic E-state index is 0.0506. The Bertz CT molecular complexity index is 741. The van der Waals surface area contributed by atoms with E-state index < -0.39 is 0 Å². The van der Waals surface area contributed by atoms with Gasteiger partial charge in [0.1, 0.15) is 0 Å². The fraction of sp³-hybridized carbons (Fsp3) is 0.182. The maximum absolute atomic E-state index is 11.0. The molecule has 0 spiro atoms. The second-order valence-electron chi connectivity index (χ2n) is 3.97. The number of rotatable bonds is 3. The van der Waals surface area contributed by atoms with Gasteiger partial charge >= 0.3 is 4.87 Å². The number of aromatic amines is 1. The summed E-state index contributed by atoms with van der Waals surface area (Å²) < 4.78 is 1.71.